The summed E-state index contributed by atoms with van der Waals surface area (Å²) in [6.45, 7) is 9.57. The highest BCUT2D eigenvalue weighted by atomic mass is 32.2. The number of benzene rings is 2. The molecule has 46 heavy (non-hydrogen) atoms. The molecule has 0 saturated heterocycles. The number of hydrogen-bond donors (Lipinski definition) is 5. The average Bonchev–Trinajstić information content (AvgIpc) is 3.34. The number of amides is 1. The number of carboxylic acids is 1. The van der Waals surface area contributed by atoms with Gasteiger partial charge in [-0.2, -0.15) is 0 Å². The Bertz CT molecular complexity index is 1470. The minimum absolute atomic E-state index is 0.0285. The van der Waals surface area contributed by atoms with Crippen molar-refractivity contribution < 1.29 is 32.6 Å². The van der Waals surface area contributed by atoms with Crippen LogP contribution in [0.25, 0.3) is 0 Å². The van der Waals surface area contributed by atoms with Gasteiger partial charge in [0.2, 0.25) is 0 Å². The summed E-state index contributed by atoms with van der Waals surface area (Å²) < 4.78 is 37.3. The predicted octanol–water partition coefficient (Wildman–Crippen LogP) is 4.57. The fraction of sp³-hybridized carbons (Fsp3) is 0.545. The first-order valence-corrected chi connectivity index (χ1v) is 17.2. The molecule has 2 aliphatic rings. The van der Waals surface area contributed by atoms with E-state index in [1.54, 1.807) is 26.0 Å². The van der Waals surface area contributed by atoms with Crippen LogP contribution in [0.5, 0.6) is 5.75 Å². The van der Waals surface area contributed by atoms with Gasteiger partial charge in [-0.15, -0.1) is 4.83 Å². The fourth-order valence-electron chi connectivity index (χ4n) is 5.60. The number of aliphatic imine (C=N–C) groups is 1. The van der Waals surface area contributed by atoms with Crippen molar-refractivity contribution in [1.82, 2.24) is 15.6 Å². The SMILES string of the molecule is Cc1c(C)c(S(=O)(=O)NNC=NCCC[C@@H](NC(=O)OCc2ccccc2)C(=O)O)c(C)c2c1OC(C)(C)C2.NC1CCCCC1. The van der Waals surface area contributed by atoms with Crippen LogP contribution >= 0.6 is 0 Å². The number of sulfonamides is 1. The summed E-state index contributed by atoms with van der Waals surface area (Å²) in [5.74, 6) is -0.437. The van der Waals surface area contributed by atoms with Crippen LogP contribution in [0.1, 0.15) is 86.6 Å². The van der Waals surface area contributed by atoms with E-state index in [9.17, 15) is 23.1 Å². The molecule has 0 aromatic heterocycles. The van der Waals surface area contributed by atoms with Crippen LogP contribution < -0.4 is 26.0 Å². The number of carbonyl (C=O) groups is 2. The molecule has 0 radical (unpaired) electrons. The van der Waals surface area contributed by atoms with Gasteiger partial charge in [0.25, 0.3) is 10.0 Å². The molecule has 1 aliphatic heterocycles. The van der Waals surface area contributed by atoms with Crippen LogP contribution in [0.3, 0.4) is 0 Å². The van der Waals surface area contributed by atoms with Crippen molar-refractivity contribution in [2.75, 3.05) is 6.54 Å². The number of ether oxygens (including phenoxy) is 2. The molecular weight excluding hydrogens is 610 g/mol. The van der Waals surface area contributed by atoms with E-state index >= 15 is 0 Å². The first kappa shape index (κ1) is 36.8. The molecule has 2 aromatic rings. The zero-order valence-corrected chi connectivity index (χ0v) is 28.3. The fourth-order valence-corrected chi connectivity index (χ4v) is 6.99. The van der Waals surface area contributed by atoms with E-state index < -0.39 is 33.7 Å². The number of aliphatic carboxylic acids is 1. The third kappa shape index (κ3) is 10.7. The van der Waals surface area contributed by atoms with Crippen molar-refractivity contribution >= 4 is 28.4 Å². The largest absolute Gasteiger partial charge is 0.487 e. The van der Waals surface area contributed by atoms with Gasteiger partial charge in [0.15, 0.2) is 0 Å². The second kappa shape index (κ2) is 16.8. The van der Waals surface area contributed by atoms with Crippen molar-refractivity contribution in [3.05, 3.63) is 58.1 Å². The molecule has 0 unspecified atom stereocenters. The van der Waals surface area contributed by atoms with Crippen LogP contribution in [0.4, 0.5) is 4.79 Å². The number of carbonyl (C=O) groups excluding carboxylic acids is 1. The highest BCUT2D eigenvalue weighted by Crippen LogP contribution is 2.43. The minimum atomic E-state index is -3.91. The lowest BCUT2D eigenvalue weighted by Gasteiger charge is -2.19. The van der Waals surface area contributed by atoms with Crippen LogP contribution in [-0.4, -0.2) is 56.2 Å². The van der Waals surface area contributed by atoms with Gasteiger partial charge in [0.05, 0.1) is 11.2 Å². The van der Waals surface area contributed by atoms with Gasteiger partial charge in [-0.25, -0.2) is 18.0 Å². The maximum Gasteiger partial charge on any atom is 0.408 e. The second-order valence-corrected chi connectivity index (χ2v) is 14.1. The van der Waals surface area contributed by atoms with Gasteiger partial charge < -0.3 is 25.6 Å². The van der Waals surface area contributed by atoms with Gasteiger partial charge >= 0.3 is 12.1 Å². The lowest BCUT2D eigenvalue weighted by molar-refractivity contribution is -0.139. The molecular formula is C33H49N5O7S. The Morgan fingerprint density at radius 2 is 1.78 bits per heavy atom. The van der Waals surface area contributed by atoms with Crippen LogP contribution in [0, 0.1) is 20.8 Å². The van der Waals surface area contributed by atoms with Crippen molar-refractivity contribution in [2.45, 2.75) is 115 Å². The van der Waals surface area contributed by atoms with Gasteiger partial charge in [-0.3, -0.25) is 10.4 Å². The van der Waals surface area contributed by atoms with Crippen LogP contribution in [-0.2, 0) is 32.6 Å². The lowest BCUT2D eigenvalue weighted by atomic mass is 9.94. The number of fused-ring (bicyclic) bond motifs is 1. The number of nitrogens with two attached hydrogens (primary N) is 1. The monoisotopic (exact) mass is 659 g/mol. The smallest absolute Gasteiger partial charge is 0.408 e. The Hall–Kier alpha value is -3.68. The summed E-state index contributed by atoms with van der Waals surface area (Å²) in [7, 11) is -3.91. The normalized spacial score (nSPS) is 16.5. The van der Waals surface area contributed by atoms with E-state index in [1.807, 2.05) is 39.0 Å². The van der Waals surface area contributed by atoms with Gasteiger partial charge in [-0.1, -0.05) is 49.6 Å². The summed E-state index contributed by atoms with van der Waals surface area (Å²) in [4.78, 5) is 30.1. The summed E-state index contributed by atoms with van der Waals surface area (Å²) in [6, 6.07) is 8.43. The zero-order chi connectivity index (χ0) is 33.9. The Morgan fingerprint density at radius 1 is 1.11 bits per heavy atom. The quantitative estimate of drug-likeness (QED) is 0.0943. The molecule has 1 saturated carbocycles. The van der Waals surface area contributed by atoms with Gasteiger partial charge in [0, 0.05) is 24.6 Å². The third-order valence-electron chi connectivity index (χ3n) is 8.14. The summed E-state index contributed by atoms with van der Waals surface area (Å²) in [6.07, 6.45) is 8.10. The van der Waals surface area contributed by atoms with E-state index in [4.69, 9.17) is 15.2 Å². The topological polar surface area (TPSA) is 181 Å². The van der Waals surface area contributed by atoms with E-state index in [1.165, 1.54) is 38.4 Å². The van der Waals surface area contributed by atoms with Crippen LogP contribution in [0.15, 0.2) is 40.2 Å². The van der Waals surface area contributed by atoms with Crippen molar-refractivity contribution in [1.29, 1.82) is 0 Å². The van der Waals surface area contributed by atoms with Gasteiger partial charge in [-0.05, 0) is 82.6 Å². The average molecular weight is 660 g/mol. The van der Waals surface area contributed by atoms with E-state index in [0.717, 1.165) is 22.4 Å². The summed E-state index contributed by atoms with van der Waals surface area (Å²) in [5, 5.41) is 11.7. The number of hydrazine groups is 1. The van der Waals surface area contributed by atoms with E-state index in [2.05, 4.69) is 20.6 Å². The molecule has 1 aliphatic carbocycles. The molecule has 1 atom stereocenters. The second-order valence-electron chi connectivity index (χ2n) is 12.5. The first-order chi connectivity index (χ1) is 21.7. The molecule has 2 aromatic carbocycles. The molecule has 1 amide bonds. The maximum absolute atomic E-state index is 13.1. The molecule has 1 heterocycles. The Labute approximate surface area is 272 Å². The maximum atomic E-state index is 13.1. The number of carboxylic acid groups (broad SMARTS) is 1. The Kier molecular flexibility index (Phi) is 13.4. The minimum Gasteiger partial charge on any atom is -0.487 e. The van der Waals surface area contributed by atoms with Crippen molar-refractivity contribution in [3.63, 3.8) is 0 Å². The number of alkyl carbamates (subject to hydrolysis) is 1. The molecule has 0 spiro atoms. The van der Waals surface area contributed by atoms with Gasteiger partial charge in [0.1, 0.15) is 24.0 Å². The highest BCUT2D eigenvalue weighted by molar-refractivity contribution is 7.89. The number of nitrogens with one attached hydrogen (secondary N) is 3. The van der Waals surface area contributed by atoms with E-state index in [0.29, 0.717) is 30.0 Å². The van der Waals surface area contributed by atoms with Crippen LogP contribution in [0.2, 0.25) is 0 Å². The third-order valence-corrected chi connectivity index (χ3v) is 9.68. The standard InChI is InChI=1S/C27H36N4O7S.C6H13N/c1-17-18(2)24(19(3)21-14-27(4,5)38-23(17)21)39(35,36)31-29-16-28-13-9-12-22(25(32)33)30-26(34)37-15-20-10-7-6-8-11-20;7-6-4-2-1-3-5-6/h6-8,10-11,16,22,31H,9,12-15H2,1-5H3,(H,28,29)(H,30,34)(H,32,33);6H,1-5,7H2/t22-;/m1./s1. The molecule has 254 valence electrons. The predicted molar refractivity (Wildman–Crippen MR) is 177 cm³/mol. The first-order valence-electron chi connectivity index (χ1n) is 15.7. The zero-order valence-electron chi connectivity index (χ0n) is 27.5. The van der Waals surface area contributed by atoms with E-state index in [-0.39, 0.29) is 24.5 Å². The molecule has 0 bridgehead atoms. The van der Waals surface area contributed by atoms with Crippen molar-refractivity contribution in [2.24, 2.45) is 10.7 Å². The molecule has 4 rings (SSSR count). The summed E-state index contributed by atoms with van der Waals surface area (Å²) in [5.41, 5.74) is 11.5. The summed E-state index contributed by atoms with van der Waals surface area (Å²) >= 11 is 0. The molecule has 1 fully saturated rings. The number of hydrogen-bond acceptors (Lipinski definition) is 8. The molecule has 12 nitrogen and oxygen atoms in total. The number of rotatable bonds is 12. The Balaban J connectivity index is 0.000000724. The van der Waals surface area contributed by atoms with Crippen molar-refractivity contribution in [3.8, 4) is 5.75 Å². The lowest BCUT2D eigenvalue weighted by Crippen LogP contribution is -2.41. The molecule has 6 N–H and O–H groups in total. The molecule has 13 heteroatoms. The number of nitrogens with zero attached hydrogens (tertiary/aromatic N) is 1. The highest BCUT2D eigenvalue weighted by Gasteiger charge is 2.36. The Morgan fingerprint density at radius 3 is 2.39 bits per heavy atom.